The van der Waals surface area contributed by atoms with Gasteiger partial charge in [-0.3, -0.25) is 0 Å². The lowest BCUT2D eigenvalue weighted by molar-refractivity contribution is 0.574. The number of rotatable bonds is 2. The van der Waals surface area contributed by atoms with Crippen molar-refractivity contribution in [1.29, 1.82) is 0 Å². The average Bonchev–Trinajstić information content (AvgIpc) is 2.57. The zero-order valence-corrected chi connectivity index (χ0v) is 6.77. The Morgan fingerprint density at radius 3 is 3.08 bits per heavy atom. The predicted octanol–water partition coefficient (Wildman–Crippen LogP) is 1.40. The van der Waals surface area contributed by atoms with E-state index < -0.39 is 0 Å². The molecule has 0 saturated carbocycles. The van der Waals surface area contributed by atoms with Crippen LogP contribution in [-0.2, 0) is 0 Å². The third-order valence-electron chi connectivity index (χ3n) is 1.47. The van der Waals surface area contributed by atoms with Gasteiger partial charge < -0.3 is 15.5 Å². The summed E-state index contributed by atoms with van der Waals surface area (Å²) in [7, 11) is 0. The summed E-state index contributed by atoms with van der Waals surface area (Å²) < 4.78 is 4.97. The van der Waals surface area contributed by atoms with E-state index in [0.29, 0.717) is 17.4 Å². The summed E-state index contributed by atoms with van der Waals surface area (Å²) in [5.74, 6) is 1.18. The summed E-state index contributed by atoms with van der Waals surface area (Å²) in [5, 5.41) is 2.90. The molecule has 0 spiro atoms. The highest BCUT2D eigenvalue weighted by Crippen LogP contribution is 2.14. The quantitative estimate of drug-likeness (QED) is 0.723. The first kappa shape index (κ1) is 7.60. The van der Waals surface area contributed by atoms with Crippen LogP contribution in [0.3, 0.4) is 0 Å². The second-order valence-corrected chi connectivity index (χ2v) is 2.47. The van der Waals surface area contributed by atoms with Gasteiger partial charge in [0.05, 0.1) is 6.20 Å². The molecule has 0 unspecified atom stereocenters. The molecule has 3 N–H and O–H groups in total. The molecular weight excluding hydrogens is 168 g/mol. The van der Waals surface area contributed by atoms with Crippen molar-refractivity contribution in [2.24, 2.45) is 0 Å². The molecule has 5 heteroatoms. The van der Waals surface area contributed by atoms with E-state index in [4.69, 9.17) is 10.2 Å². The minimum absolute atomic E-state index is 0.540. The molecule has 0 radical (unpaired) electrons. The van der Waals surface area contributed by atoms with Gasteiger partial charge in [0.25, 0.3) is 0 Å². The van der Waals surface area contributed by atoms with Gasteiger partial charge in [0, 0.05) is 18.0 Å². The first-order valence-electron chi connectivity index (χ1n) is 3.71. The van der Waals surface area contributed by atoms with Crippen LogP contribution < -0.4 is 11.1 Å². The number of oxazole rings is 1. The van der Waals surface area contributed by atoms with E-state index in [9.17, 15) is 0 Å². The van der Waals surface area contributed by atoms with Crippen molar-refractivity contribution in [3.05, 3.63) is 30.9 Å². The molecule has 0 aromatic carbocycles. The lowest BCUT2D eigenvalue weighted by Gasteiger charge is -2.00. The van der Waals surface area contributed by atoms with Crippen LogP contribution in [0.4, 0.5) is 17.4 Å². The van der Waals surface area contributed by atoms with Gasteiger partial charge in [-0.1, -0.05) is 0 Å². The van der Waals surface area contributed by atoms with Gasteiger partial charge in [0.15, 0.2) is 6.39 Å². The Hall–Kier alpha value is -2.04. The maximum atomic E-state index is 5.56. The highest BCUT2D eigenvalue weighted by molar-refractivity contribution is 5.54. The van der Waals surface area contributed by atoms with Crippen LogP contribution in [0.15, 0.2) is 35.3 Å². The molecule has 13 heavy (non-hydrogen) atoms. The molecular formula is C8H8N4O. The summed E-state index contributed by atoms with van der Waals surface area (Å²) in [6.45, 7) is 0. The molecule has 5 nitrogen and oxygen atoms in total. The molecule has 2 rings (SSSR count). The summed E-state index contributed by atoms with van der Waals surface area (Å²) >= 11 is 0. The molecule has 0 amide bonds. The third kappa shape index (κ3) is 1.76. The Morgan fingerprint density at radius 1 is 1.46 bits per heavy atom. The van der Waals surface area contributed by atoms with Crippen LogP contribution in [0.25, 0.3) is 0 Å². The van der Waals surface area contributed by atoms with Crippen LogP contribution in [-0.4, -0.2) is 9.97 Å². The van der Waals surface area contributed by atoms with Crippen molar-refractivity contribution in [2.45, 2.75) is 0 Å². The van der Waals surface area contributed by atoms with Crippen LogP contribution >= 0.6 is 0 Å². The van der Waals surface area contributed by atoms with Crippen LogP contribution in [0.1, 0.15) is 0 Å². The second-order valence-electron chi connectivity index (χ2n) is 2.47. The lowest BCUT2D eigenvalue weighted by atomic mass is 10.4. The second kappa shape index (κ2) is 3.14. The maximum Gasteiger partial charge on any atom is 0.218 e. The van der Waals surface area contributed by atoms with Crippen molar-refractivity contribution >= 4 is 17.4 Å². The molecule has 0 saturated heterocycles. The predicted molar refractivity (Wildman–Crippen MR) is 48.4 cm³/mol. The van der Waals surface area contributed by atoms with Crippen molar-refractivity contribution in [3.63, 3.8) is 0 Å². The summed E-state index contributed by atoms with van der Waals surface area (Å²) in [4.78, 5) is 7.79. The minimum atomic E-state index is 0.540. The van der Waals surface area contributed by atoms with Crippen LogP contribution in [0.2, 0.25) is 0 Å². The number of nitrogens with two attached hydrogens (primary N) is 1. The Kier molecular flexibility index (Phi) is 1.84. The topological polar surface area (TPSA) is 77.0 Å². The fourth-order valence-electron chi connectivity index (χ4n) is 0.919. The standard InChI is InChI=1S/C8H8N4O/c9-6-1-2-11-7(3-6)12-8-4-10-5-13-8/h1-5H,(H3,9,11,12). The molecule has 0 aliphatic heterocycles. The smallest absolute Gasteiger partial charge is 0.218 e. The minimum Gasteiger partial charge on any atom is -0.428 e. The number of hydrogen-bond acceptors (Lipinski definition) is 5. The number of nitrogen functional groups attached to an aromatic ring is 1. The fourth-order valence-corrected chi connectivity index (χ4v) is 0.919. The van der Waals surface area contributed by atoms with E-state index >= 15 is 0 Å². The molecule has 0 bridgehead atoms. The summed E-state index contributed by atoms with van der Waals surface area (Å²) in [5.41, 5.74) is 6.21. The number of anilines is 3. The van der Waals surface area contributed by atoms with E-state index in [1.165, 1.54) is 6.39 Å². The highest BCUT2D eigenvalue weighted by Gasteiger charge is 1.97. The molecule has 2 aromatic rings. The fraction of sp³-hybridized carbons (Fsp3) is 0. The molecule has 66 valence electrons. The normalized spacial score (nSPS) is 9.85. The number of hydrogen-bond donors (Lipinski definition) is 2. The Balaban J connectivity index is 2.19. The van der Waals surface area contributed by atoms with E-state index in [2.05, 4.69) is 15.3 Å². The average molecular weight is 176 g/mol. The van der Waals surface area contributed by atoms with Gasteiger partial charge in [0.1, 0.15) is 5.82 Å². The van der Waals surface area contributed by atoms with Gasteiger partial charge in [-0.2, -0.15) is 0 Å². The Bertz CT molecular complexity index is 385. The number of aromatic nitrogens is 2. The first-order chi connectivity index (χ1) is 6.34. The summed E-state index contributed by atoms with van der Waals surface area (Å²) in [6, 6.07) is 3.42. The highest BCUT2D eigenvalue weighted by atomic mass is 16.4. The van der Waals surface area contributed by atoms with Crippen molar-refractivity contribution < 1.29 is 4.42 Å². The van der Waals surface area contributed by atoms with Gasteiger partial charge in [0.2, 0.25) is 5.88 Å². The number of nitrogens with one attached hydrogen (secondary N) is 1. The monoisotopic (exact) mass is 176 g/mol. The molecule has 0 aliphatic rings. The molecule has 0 atom stereocenters. The van der Waals surface area contributed by atoms with Crippen molar-refractivity contribution in [2.75, 3.05) is 11.1 Å². The third-order valence-corrected chi connectivity index (χ3v) is 1.47. The molecule has 0 aliphatic carbocycles. The lowest BCUT2D eigenvalue weighted by Crippen LogP contribution is -1.93. The Morgan fingerprint density at radius 2 is 2.38 bits per heavy atom. The largest absolute Gasteiger partial charge is 0.428 e. The van der Waals surface area contributed by atoms with Gasteiger partial charge in [-0.25, -0.2) is 9.97 Å². The molecule has 2 aromatic heterocycles. The van der Waals surface area contributed by atoms with E-state index in [-0.39, 0.29) is 0 Å². The summed E-state index contributed by atoms with van der Waals surface area (Å²) in [6.07, 6.45) is 4.52. The number of pyridine rings is 1. The first-order valence-corrected chi connectivity index (χ1v) is 3.71. The molecule has 0 fully saturated rings. The van der Waals surface area contributed by atoms with Gasteiger partial charge >= 0.3 is 0 Å². The van der Waals surface area contributed by atoms with Crippen molar-refractivity contribution in [1.82, 2.24) is 9.97 Å². The number of nitrogens with zero attached hydrogens (tertiary/aromatic N) is 2. The van der Waals surface area contributed by atoms with E-state index in [1.54, 1.807) is 24.5 Å². The van der Waals surface area contributed by atoms with E-state index in [1.807, 2.05) is 0 Å². The van der Waals surface area contributed by atoms with Gasteiger partial charge in [-0.05, 0) is 6.07 Å². The van der Waals surface area contributed by atoms with E-state index in [0.717, 1.165) is 0 Å². The zero-order valence-electron chi connectivity index (χ0n) is 6.77. The van der Waals surface area contributed by atoms with Crippen LogP contribution in [0, 0.1) is 0 Å². The van der Waals surface area contributed by atoms with Crippen molar-refractivity contribution in [3.8, 4) is 0 Å². The SMILES string of the molecule is Nc1ccnc(Nc2cnco2)c1. The van der Waals surface area contributed by atoms with Crippen LogP contribution in [0.5, 0.6) is 0 Å². The maximum absolute atomic E-state index is 5.56. The molecule has 2 heterocycles. The zero-order chi connectivity index (χ0) is 9.10. The Labute approximate surface area is 74.6 Å². The van der Waals surface area contributed by atoms with Gasteiger partial charge in [-0.15, -0.1) is 0 Å².